The average molecular weight is 524 g/mol. The molecule has 0 bridgehead atoms. The summed E-state index contributed by atoms with van der Waals surface area (Å²) in [6.45, 7) is -0.779. The molecule has 0 aromatic carbocycles. The van der Waals surface area contributed by atoms with Crippen LogP contribution in [-0.2, 0) is 67.6 Å². The van der Waals surface area contributed by atoms with Crippen LogP contribution in [0.15, 0.2) is 0 Å². The number of carbonyl (C=O) groups is 7. The normalized spacial score (nSPS) is 23.1. The van der Waals surface area contributed by atoms with Crippen LogP contribution in [-0.4, -0.2) is 77.3 Å². The molecule has 202 valence electrons. The summed E-state index contributed by atoms with van der Waals surface area (Å²) in [6.07, 6.45) is -3.26. The van der Waals surface area contributed by atoms with Gasteiger partial charge in [0.05, 0.1) is 19.4 Å². The lowest BCUT2D eigenvalue weighted by molar-refractivity contribution is -0.276. The Balaban J connectivity index is 2.80. The van der Waals surface area contributed by atoms with Crippen molar-refractivity contribution in [2.24, 2.45) is 22.9 Å². The first-order valence-corrected chi connectivity index (χ1v) is 9.92. The average Bonchev–Trinajstić information content (AvgIpc) is 2.84. The van der Waals surface area contributed by atoms with E-state index in [0.717, 1.165) is 0 Å². The van der Waals surface area contributed by atoms with Gasteiger partial charge in [0.1, 0.15) is 24.5 Å². The van der Waals surface area contributed by atoms with E-state index in [1.165, 1.54) is 0 Å². The first-order valence-electron chi connectivity index (χ1n) is 9.92. The van der Waals surface area contributed by atoms with Crippen LogP contribution in [0.4, 0.5) is 0 Å². The molecule has 2 unspecified atom stereocenters. The molecule has 0 aromatic rings. The number of aliphatic hydroxyl groups is 1. The van der Waals surface area contributed by atoms with Crippen molar-refractivity contribution in [2.75, 3.05) is 6.61 Å². The monoisotopic (exact) mass is 524 g/mol. The lowest BCUT2D eigenvalue weighted by atomic mass is 10.1. The van der Waals surface area contributed by atoms with E-state index < -0.39 is 97.9 Å². The van der Waals surface area contributed by atoms with Crippen LogP contribution in [0.25, 0.3) is 0 Å². The van der Waals surface area contributed by atoms with Crippen LogP contribution in [0, 0.1) is 0 Å². The second-order valence-electron chi connectivity index (χ2n) is 7.11. The molecule has 1 rings (SSSR count). The van der Waals surface area contributed by atoms with Crippen molar-refractivity contribution >= 4 is 41.8 Å². The third-order valence-electron chi connectivity index (χ3n) is 4.10. The quantitative estimate of drug-likeness (QED) is 0.0901. The number of hydrogen-bond acceptors (Lipinski definition) is 19. The summed E-state index contributed by atoms with van der Waals surface area (Å²) < 4.78 is 4.72. The van der Waals surface area contributed by atoms with Crippen LogP contribution in [0.5, 0.6) is 0 Å². The van der Waals surface area contributed by atoms with Crippen molar-refractivity contribution in [3.05, 3.63) is 0 Å². The van der Waals surface area contributed by atoms with E-state index >= 15 is 0 Å². The van der Waals surface area contributed by atoms with Crippen LogP contribution >= 0.6 is 0 Å². The van der Waals surface area contributed by atoms with Gasteiger partial charge in [-0.3, -0.25) is 10.5 Å². The molecule has 1 fully saturated rings. The van der Waals surface area contributed by atoms with Crippen molar-refractivity contribution in [2.45, 2.75) is 56.0 Å². The van der Waals surface area contributed by atoms with Crippen molar-refractivity contribution in [1.29, 1.82) is 0 Å². The van der Waals surface area contributed by atoms with Gasteiger partial charge in [0, 0.05) is 0 Å². The number of nitrogens with two attached hydrogens (primary N) is 4. The van der Waals surface area contributed by atoms with E-state index in [2.05, 4.69) is 29.3 Å². The minimum absolute atomic E-state index is 0.333. The zero-order valence-corrected chi connectivity index (χ0v) is 18.4. The zero-order valence-electron chi connectivity index (χ0n) is 18.4. The maximum Gasteiger partial charge on any atom is 0.414 e. The highest BCUT2D eigenvalue weighted by Gasteiger charge is 2.46. The molecule has 1 saturated heterocycles. The molecular weight excluding hydrogens is 500 g/mol. The lowest BCUT2D eigenvalue weighted by Crippen LogP contribution is -2.56. The Hall–Kier alpha value is -3.91. The highest BCUT2D eigenvalue weighted by atomic mass is 17.2. The van der Waals surface area contributed by atoms with Gasteiger partial charge in [-0.05, 0) is 12.8 Å². The summed E-state index contributed by atoms with van der Waals surface area (Å²) >= 11 is 0. The van der Waals surface area contributed by atoms with Gasteiger partial charge < -0.3 is 27.0 Å². The molecule has 9 N–H and O–H groups in total. The van der Waals surface area contributed by atoms with Crippen LogP contribution < -0.4 is 22.9 Å². The molecule has 19 nitrogen and oxygen atoms in total. The van der Waals surface area contributed by atoms with E-state index in [4.69, 9.17) is 32.8 Å². The van der Waals surface area contributed by atoms with Gasteiger partial charge in [0.2, 0.25) is 0 Å². The highest BCUT2D eigenvalue weighted by Crippen LogP contribution is 2.17. The standard InChI is InChI=1S/C17H24N4O15/c18-7(1-3-11(24)32-34-15(28)9(20)6-22)13(26)30-17(21)5-12(25)33-31-10(23)4-2-8(19)14(27)35-36-16(17)29/h7-9,22H,1-6,18-21H2/t7-,8-,9?,17?/m1/s1. The van der Waals surface area contributed by atoms with Crippen LogP contribution in [0.1, 0.15) is 32.1 Å². The van der Waals surface area contributed by atoms with Crippen molar-refractivity contribution in [1.82, 2.24) is 0 Å². The molecule has 19 heteroatoms. The fourth-order valence-electron chi connectivity index (χ4n) is 2.04. The van der Waals surface area contributed by atoms with Gasteiger partial charge in [-0.15, -0.1) is 0 Å². The van der Waals surface area contributed by atoms with Gasteiger partial charge in [-0.25, -0.2) is 58.1 Å². The van der Waals surface area contributed by atoms with Gasteiger partial charge >= 0.3 is 41.8 Å². The molecule has 4 atom stereocenters. The summed E-state index contributed by atoms with van der Waals surface area (Å²) in [4.78, 5) is 107. The Morgan fingerprint density at radius 3 is 2.25 bits per heavy atom. The summed E-state index contributed by atoms with van der Waals surface area (Å²) in [6, 6.07) is -4.59. The smallest absolute Gasteiger partial charge is 0.414 e. The summed E-state index contributed by atoms with van der Waals surface area (Å²) in [5.74, 6) is -9.59. The fourth-order valence-corrected chi connectivity index (χ4v) is 2.04. The number of ether oxygens (including phenoxy) is 1. The first kappa shape index (κ1) is 30.1. The molecular formula is C17H24N4O15. The van der Waals surface area contributed by atoms with Crippen molar-refractivity contribution in [3.63, 3.8) is 0 Å². The predicted molar refractivity (Wildman–Crippen MR) is 104 cm³/mol. The predicted octanol–water partition coefficient (Wildman–Crippen LogP) is -4.87. The molecule has 0 aliphatic carbocycles. The number of carbonyl (C=O) groups excluding carboxylic acids is 7. The maximum atomic E-state index is 12.3. The molecule has 0 saturated carbocycles. The molecule has 1 heterocycles. The maximum absolute atomic E-state index is 12.3. The molecule has 36 heavy (non-hydrogen) atoms. The summed E-state index contributed by atoms with van der Waals surface area (Å²) in [5.41, 5.74) is 18.8. The minimum atomic E-state index is -3.01. The molecule has 1 aliphatic heterocycles. The van der Waals surface area contributed by atoms with E-state index in [1.807, 2.05) is 0 Å². The number of rotatable bonds is 7. The summed E-state index contributed by atoms with van der Waals surface area (Å²) in [5, 5.41) is 8.68. The number of esters is 1. The van der Waals surface area contributed by atoms with Gasteiger partial charge in [0.15, 0.2) is 0 Å². The second kappa shape index (κ2) is 13.8. The first-order chi connectivity index (χ1) is 16.8. The Morgan fingerprint density at radius 1 is 0.972 bits per heavy atom. The topological polar surface area (TPSA) is 308 Å². The number of hydrogen-bond donors (Lipinski definition) is 5. The highest BCUT2D eigenvalue weighted by molar-refractivity contribution is 5.89. The third kappa shape index (κ3) is 9.76. The van der Waals surface area contributed by atoms with Crippen molar-refractivity contribution < 1.29 is 72.7 Å². The Bertz CT molecular complexity index is 880. The molecule has 0 spiro atoms. The lowest BCUT2D eigenvalue weighted by Gasteiger charge is -2.26. The van der Waals surface area contributed by atoms with E-state index in [-0.39, 0.29) is 6.42 Å². The fraction of sp³-hybridized carbons (Fsp3) is 0.588. The van der Waals surface area contributed by atoms with Crippen molar-refractivity contribution in [3.8, 4) is 0 Å². The van der Waals surface area contributed by atoms with Gasteiger partial charge in [0.25, 0.3) is 5.72 Å². The Morgan fingerprint density at radius 2 is 1.61 bits per heavy atom. The third-order valence-corrected chi connectivity index (χ3v) is 4.10. The zero-order chi connectivity index (χ0) is 27.5. The number of aliphatic hydroxyl groups excluding tert-OH is 1. The van der Waals surface area contributed by atoms with E-state index in [9.17, 15) is 33.6 Å². The van der Waals surface area contributed by atoms with Crippen LogP contribution in [0.3, 0.4) is 0 Å². The Kier molecular flexibility index (Phi) is 11.6. The molecule has 1 aliphatic rings. The van der Waals surface area contributed by atoms with E-state index in [0.29, 0.717) is 0 Å². The van der Waals surface area contributed by atoms with E-state index in [1.54, 1.807) is 0 Å². The van der Waals surface area contributed by atoms with Gasteiger partial charge in [-0.2, -0.15) is 0 Å². The SMILES string of the molecule is NC(CO)C(=O)OOC(=O)CC[C@@H](N)C(=O)OC1(N)CC(=O)OOC(=O)CC[C@@H](N)C(=O)OOC1=O. The largest absolute Gasteiger partial charge is 0.430 e. The molecule has 0 aromatic heterocycles. The summed E-state index contributed by atoms with van der Waals surface area (Å²) in [7, 11) is 0. The molecule has 0 radical (unpaired) electrons. The minimum Gasteiger partial charge on any atom is -0.430 e. The Labute approximate surface area is 200 Å². The second-order valence-corrected chi connectivity index (χ2v) is 7.11. The van der Waals surface area contributed by atoms with Gasteiger partial charge in [-0.1, -0.05) is 0 Å². The van der Waals surface area contributed by atoms with Crippen LogP contribution in [0.2, 0.25) is 0 Å². The molecule has 0 amide bonds.